The maximum Gasteiger partial charge on any atom is 0.123 e. The van der Waals surface area contributed by atoms with Crippen LogP contribution in [0.4, 0.5) is 4.39 Å². The molecule has 0 bridgehead atoms. The third-order valence-electron chi connectivity index (χ3n) is 4.12. The van der Waals surface area contributed by atoms with Gasteiger partial charge in [0.2, 0.25) is 0 Å². The molecule has 1 aliphatic heterocycles. The van der Waals surface area contributed by atoms with Crippen LogP contribution in [0.25, 0.3) is 0 Å². The topological polar surface area (TPSA) is 12.0 Å². The van der Waals surface area contributed by atoms with Crippen LogP contribution in [-0.4, -0.2) is 13.1 Å². The van der Waals surface area contributed by atoms with Crippen molar-refractivity contribution >= 4 is 31.9 Å². The van der Waals surface area contributed by atoms with Gasteiger partial charge in [0.15, 0.2) is 0 Å². The molecule has 0 spiro atoms. The van der Waals surface area contributed by atoms with Gasteiger partial charge in [0.1, 0.15) is 5.82 Å². The Balaban J connectivity index is 2.00. The van der Waals surface area contributed by atoms with Gasteiger partial charge in [-0.3, -0.25) is 0 Å². The average molecular weight is 413 g/mol. The largest absolute Gasteiger partial charge is 0.316 e. The van der Waals surface area contributed by atoms with Crippen molar-refractivity contribution in [3.63, 3.8) is 0 Å². The van der Waals surface area contributed by atoms with E-state index in [1.54, 1.807) is 6.07 Å². The van der Waals surface area contributed by atoms with E-state index in [2.05, 4.69) is 55.4 Å². The van der Waals surface area contributed by atoms with Crippen LogP contribution in [0.3, 0.4) is 0 Å². The molecular formula is C17H16Br2FN. The zero-order valence-electron chi connectivity index (χ0n) is 11.5. The molecule has 1 saturated heterocycles. The van der Waals surface area contributed by atoms with Crippen LogP contribution >= 0.6 is 31.9 Å². The maximum atomic E-state index is 13.7. The minimum Gasteiger partial charge on any atom is -0.316 e. The third-order valence-corrected chi connectivity index (χ3v) is 5.33. The Morgan fingerprint density at radius 2 is 1.90 bits per heavy atom. The highest BCUT2D eigenvalue weighted by molar-refractivity contribution is 9.10. The maximum absolute atomic E-state index is 13.7. The van der Waals surface area contributed by atoms with E-state index in [1.807, 2.05) is 12.1 Å². The summed E-state index contributed by atoms with van der Waals surface area (Å²) in [6.07, 6.45) is 1.01. The zero-order chi connectivity index (χ0) is 14.8. The summed E-state index contributed by atoms with van der Waals surface area (Å²) >= 11 is 7.13. The molecule has 2 atom stereocenters. The molecule has 0 amide bonds. The van der Waals surface area contributed by atoms with Crippen molar-refractivity contribution in [2.24, 2.45) is 0 Å². The second kappa shape index (κ2) is 6.59. The lowest BCUT2D eigenvalue weighted by molar-refractivity contribution is 0.402. The number of rotatable bonds is 2. The van der Waals surface area contributed by atoms with Crippen molar-refractivity contribution in [2.75, 3.05) is 13.1 Å². The first-order chi connectivity index (χ1) is 10.1. The van der Waals surface area contributed by atoms with Crippen molar-refractivity contribution < 1.29 is 4.39 Å². The van der Waals surface area contributed by atoms with Crippen LogP contribution in [0.5, 0.6) is 0 Å². The summed E-state index contributed by atoms with van der Waals surface area (Å²) in [6, 6.07) is 13.4. The second-order valence-electron chi connectivity index (χ2n) is 5.43. The Morgan fingerprint density at radius 3 is 2.71 bits per heavy atom. The third kappa shape index (κ3) is 3.38. The Hall–Kier alpha value is -0.710. The van der Waals surface area contributed by atoms with Gasteiger partial charge in [-0.2, -0.15) is 0 Å². The van der Waals surface area contributed by atoms with Gasteiger partial charge in [0.05, 0.1) is 0 Å². The SMILES string of the molecule is Fc1ccc(Br)c(C2CCNCC2c2cccc(Br)c2)c1. The fraction of sp³-hybridized carbons (Fsp3) is 0.294. The van der Waals surface area contributed by atoms with E-state index in [4.69, 9.17) is 0 Å². The molecule has 1 heterocycles. The second-order valence-corrected chi connectivity index (χ2v) is 7.20. The van der Waals surface area contributed by atoms with Crippen LogP contribution in [-0.2, 0) is 0 Å². The standard InChI is InChI=1S/C17H16Br2FN/c18-12-3-1-2-11(8-12)16-10-21-7-6-14(16)15-9-13(20)4-5-17(15)19/h1-5,8-9,14,16,21H,6-7,10H2. The van der Waals surface area contributed by atoms with E-state index < -0.39 is 0 Å². The molecule has 1 nitrogen and oxygen atoms in total. The normalized spacial score (nSPS) is 22.2. The lowest BCUT2D eigenvalue weighted by Gasteiger charge is -2.33. The van der Waals surface area contributed by atoms with Crippen molar-refractivity contribution in [1.29, 1.82) is 0 Å². The molecule has 21 heavy (non-hydrogen) atoms. The minimum absolute atomic E-state index is 0.167. The van der Waals surface area contributed by atoms with Crippen LogP contribution in [0.15, 0.2) is 51.4 Å². The van der Waals surface area contributed by atoms with Gasteiger partial charge in [-0.1, -0.05) is 44.0 Å². The molecule has 4 heteroatoms. The van der Waals surface area contributed by atoms with Gasteiger partial charge in [-0.05, 0) is 60.3 Å². The van der Waals surface area contributed by atoms with Crippen molar-refractivity contribution in [2.45, 2.75) is 18.3 Å². The highest BCUT2D eigenvalue weighted by atomic mass is 79.9. The molecule has 2 aromatic rings. The molecule has 0 radical (unpaired) electrons. The Labute approximate surface area is 141 Å². The lowest BCUT2D eigenvalue weighted by atomic mass is 9.77. The molecule has 110 valence electrons. The number of piperidine rings is 1. The first kappa shape index (κ1) is 15.2. The summed E-state index contributed by atoms with van der Waals surface area (Å²) in [5, 5.41) is 3.46. The molecular weight excluding hydrogens is 397 g/mol. The van der Waals surface area contributed by atoms with Crippen molar-refractivity contribution in [1.82, 2.24) is 5.32 Å². The highest BCUT2D eigenvalue weighted by Crippen LogP contribution is 2.40. The predicted octanol–water partition coefficient (Wildman–Crippen LogP) is 5.21. The number of benzene rings is 2. The lowest BCUT2D eigenvalue weighted by Crippen LogP contribution is -2.34. The number of halogens is 3. The number of hydrogen-bond acceptors (Lipinski definition) is 1. The highest BCUT2D eigenvalue weighted by Gasteiger charge is 2.29. The smallest absolute Gasteiger partial charge is 0.123 e. The van der Waals surface area contributed by atoms with E-state index in [0.717, 1.165) is 34.0 Å². The Morgan fingerprint density at radius 1 is 1.05 bits per heavy atom. The molecule has 1 aliphatic rings. The summed E-state index contributed by atoms with van der Waals surface area (Å²) in [5.41, 5.74) is 2.36. The van der Waals surface area contributed by atoms with Gasteiger partial charge >= 0.3 is 0 Å². The molecule has 2 unspecified atom stereocenters. The van der Waals surface area contributed by atoms with E-state index in [-0.39, 0.29) is 5.82 Å². The van der Waals surface area contributed by atoms with Crippen LogP contribution < -0.4 is 5.32 Å². The monoisotopic (exact) mass is 411 g/mol. The van der Waals surface area contributed by atoms with E-state index >= 15 is 0 Å². The average Bonchev–Trinajstić information content (AvgIpc) is 2.50. The minimum atomic E-state index is -0.167. The first-order valence-corrected chi connectivity index (χ1v) is 8.65. The molecule has 1 fully saturated rings. The molecule has 1 N–H and O–H groups in total. The molecule has 0 aliphatic carbocycles. The van der Waals surface area contributed by atoms with Gasteiger partial charge in [0.25, 0.3) is 0 Å². The van der Waals surface area contributed by atoms with Crippen LogP contribution in [0.2, 0.25) is 0 Å². The predicted molar refractivity (Wildman–Crippen MR) is 91.2 cm³/mol. The molecule has 2 aromatic carbocycles. The fourth-order valence-electron chi connectivity index (χ4n) is 3.12. The number of nitrogens with one attached hydrogen (secondary N) is 1. The van der Waals surface area contributed by atoms with Crippen molar-refractivity contribution in [3.05, 3.63) is 68.4 Å². The molecule has 0 saturated carbocycles. The molecule has 0 aromatic heterocycles. The zero-order valence-corrected chi connectivity index (χ0v) is 14.6. The van der Waals surface area contributed by atoms with Crippen LogP contribution in [0.1, 0.15) is 29.4 Å². The summed E-state index contributed by atoms with van der Waals surface area (Å²) in [6.45, 7) is 1.89. The Bertz CT molecular complexity index is 644. The summed E-state index contributed by atoms with van der Waals surface area (Å²) in [7, 11) is 0. The molecule has 3 rings (SSSR count). The fourth-order valence-corrected chi connectivity index (χ4v) is 4.07. The Kier molecular flexibility index (Phi) is 4.77. The van der Waals surface area contributed by atoms with Gasteiger partial charge in [0, 0.05) is 21.4 Å². The van der Waals surface area contributed by atoms with E-state index in [1.165, 1.54) is 11.6 Å². The van der Waals surface area contributed by atoms with Crippen LogP contribution in [0, 0.1) is 5.82 Å². The van der Waals surface area contributed by atoms with E-state index in [0.29, 0.717) is 11.8 Å². The summed E-state index contributed by atoms with van der Waals surface area (Å²) < 4.78 is 15.7. The first-order valence-electron chi connectivity index (χ1n) is 7.06. The van der Waals surface area contributed by atoms with Gasteiger partial charge in [-0.25, -0.2) is 4.39 Å². The van der Waals surface area contributed by atoms with Gasteiger partial charge < -0.3 is 5.32 Å². The summed E-state index contributed by atoms with van der Waals surface area (Å²) in [4.78, 5) is 0. The van der Waals surface area contributed by atoms with Gasteiger partial charge in [-0.15, -0.1) is 0 Å². The van der Waals surface area contributed by atoms with Crippen molar-refractivity contribution in [3.8, 4) is 0 Å². The summed E-state index contributed by atoms with van der Waals surface area (Å²) in [5.74, 6) is 0.514. The number of hydrogen-bond donors (Lipinski definition) is 1. The quantitative estimate of drug-likeness (QED) is 0.713. The van der Waals surface area contributed by atoms with E-state index in [9.17, 15) is 4.39 Å².